The van der Waals surface area contributed by atoms with Gasteiger partial charge in [-0.2, -0.15) is 4.58 Å². The lowest BCUT2D eigenvalue weighted by molar-refractivity contribution is -0.401. The lowest BCUT2D eigenvalue weighted by Gasteiger charge is -2.24. The summed E-state index contributed by atoms with van der Waals surface area (Å²) in [5.74, 6) is 0. The molecule has 0 N–H and O–H groups in total. The normalized spacial score (nSPS) is 20.8. The Morgan fingerprint density at radius 2 is 1.88 bits per heavy atom. The van der Waals surface area contributed by atoms with Gasteiger partial charge in [0.05, 0.1) is 16.1 Å². The van der Waals surface area contributed by atoms with Crippen molar-refractivity contribution in [2.75, 3.05) is 25.3 Å². The van der Waals surface area contributed by atoms with E-state index in [2.05, 4.69) is 103 Å². The maximum atomic E-state index is 5.85. The van der Waals surface area contributed by atoms with Gasteiger partial charge in [-0.05, 0) is 49.2 Å². The Kier molecular flexibility index (Phi) is 5.44. The molecule has 162 valence electrons. The second-order valence-electron chi connectivity index (χ2n) is 8.55. The number of rotatable bonds is 6. The van der Waals surface area contributed by atoms with E-state index in [9.17, 15) is 0 Å². The van der Waals surface area contributed by atoms with Crippen LogP contribution in [0.2, 0.25) is 0 Å². The van der Waals surface area contributed by atoms with Crippen molar-refractivity contribution in [2.45, 2.75) is 30.6 Å². The summed E-state index contributed by atoms with van der Waals surface area (Å²) < 4.78 is 8.21. The number of ether oxygens (including phenoxy) is 1. The van der Waals surface area contributed by atoms with Crippen molar-refractivity contribution in [2.24, 2.45) is 0 Å². The quantitative estimate of drug-likeness (QED) is 0.307. The number of para-hydroxylation sites is 1. The highest BCUT2D eigenvalue weighted by atomic mass is 32.2. The first-order valence-corrected chi connectivity index (χ1v) is 12.0. The number of hydrogen-bond donors (Lipinski definition) is 0. The summed E-state index contributed by atoms with van der Waals surface area (Å²) >= 11 is 1.82. The van der Waals surface area contributed by atoms with E-state index in [1.54, 1.807) is 0 Å². The molecule has 0 aliphatic carbocycles. The van der Waals surface area contributed by atoms with Crippen molar-refractivity contribution < 1.29 is 9.31 Å². The molecule has 3 nitrogen and oxygen atoms in total. The van der Waals surface area contributed by atoms with Gasteiger partial charge in [-0.1, -0.05) is 54.2 Å². The molecule has 5 rings (SSSR count). The Morgan fingerprint density at radius 1 is 1.09 bits per heavy atom. The van der Waals surface area contributed by atoms with E-state index in [-0.39, 0.29) is 5.41 Å². The smallest absolute Gasteiger partial charge is 0.210 e. The van der Waals surface area contributed by atoms with E-state index in [4.69, 9.17) is 4.74 Å². The van der Waals surface area contributed by atoms with Crippen molar-refractivity contribution in [3.05, 3.63) is 90.0 Å². The van der Waals surface area contributed by atoms with E-state index in [0.29, 0.717) is 13.3 Å². The third-order valence-corrected chi connectivity index (χ3v) is 7.73. The number of benzene rings is 3. The van der Waals surface area contributed by atoms with Crippen LogP contribution in [-0.2, 0) is 10.2 Å². The monoisotopic (exact) mass is 441 g/mol. The molecule has 0 spiro atoms. The molecule has 0 bridgehead atoms. The summed E-state index contributed by atoms with van der Waals surface area (Å²) in [5.41, 5.74) is 5.01. The first-order chi connectivity index (χ1) is 15.6. The van der Waals surface area contributed by atoms with Gasteiger partial charge in [-0.15, -0.1) is 6.58 Å². The Labute approximate surface area is 194 Å². The summed E-state index contributed by atoms with van der Waals surface area (Å²) in [4.78, 5) is 3.56. The van der Waals surface area contributed by atoms with Crippen molar-refractivity contribution in [1.29, 1.82) is 0 Å². The van der Waals surface area contributed by atoms with Gasteiger partial charge in [0.25, 0.3) is 0 Å². The standard InChI is InChI=1S/C28H29N2OS/c1-5-17-28(3)25(29(4)23-16-15-20-11-7-8-12-21(20)27(23)28)18-26-30(19-31-6-2)22-13-9-10-14-24(22)32-26/h5,7-16,18H,1,6,17,19H2,2-4H3/q+1. The second-order valence-corrected chi connectivity index (χ2v) is 9.61. The fraction of sp³-hybridized carbons (Fsp3) is 0.250. The summed E-state index contributed by atoms with van der Waals surface area (Å²) in [6.07, 6.45) is 5.29. The predicted molar refractivity (Wildman–Crippen MR) is 136 cm³/mol. The first kappa shape index (κ1) is 21.0. The molecule has 0 aromatic heterocycles. The minimum Gasteiger partial charge on any atom is -0.361 e. The molecule has 0 amide bonds. The molecule has 4 heteroatoms. The molecule has 2 aliphatic rings. The third kappa shape index (κ3) is 3.21. The van der Waals surface area contributed by atoms with Crippen LogP contribution in [0.25, 0.3) is 10.8 Å². The average molecular weight is 442 g/mol. The zero-order chi connectivity index (χ0) is 22.3. The van der Waals surface area contributed by atoms with Crippen LogP contribution >= 0.6 is 11.8 Å². The van der Waals surface area contributed by atoms with Crippen LogP contribution in [-0.4, -0.2) is 30.7 Å². The van der Waals surface area contributed by atoms with Crippen molar-refractivity contribution in [3.63, 3.8) is 0 Å². The number of anilines is 1. The number of hydrogen-bond acceptors (Lipinski definition) is 3. The van der Waals surface area contributed by atoms with Crippen molar-refractivity contribution >= 4 is 39.6 Å². The van der Waals surface area contributed by atoms with Gasteiger partial charge in [0.15, 0.2) is 5.71 Å². The summed E-state index contributed by atoms with van der Waals surface area (Å²) in [6, 6.07) is 21.8. The van der Waals surface area contributed by atoms with Gasteiger partial charge in [0, 0.05) is 29.2 Å². The molecule has 32 heavy (non-hydrogen) atoms. The molecule has 0 radical (unpaired) electrons. The molecule has 1 atom stereocenters. The molecule has 2 heterocycles. The Balaban J connectivity index is 1.67. The highest BCUT2D eigenvalue weighted by molar-refractivity contribution is 8.03. The van der Waals surface area contributed by atoms with E-state index in [1.165, 1.54) is 43.3 Å². The largest absolute Gasteiger partial charge is 0.361 e. The summed E-state index contributed by atoms with van der Waals surface area (Å²) in [7, 11) is 2.19. The van der Waals surface area contributed by atoms with E-state index in [1.807, 2.05) is 18.7 Å². The fourth-order valence-corrected chi connectivity index (χ4v) is 6.18. The van der Waals surface area contributed by atoms with E-state index in [0.717, 1.165) is 6.42 Å². The van der Waals surface area contributed by atoms with Gasteiger partial charge in [-0.25, -0.2) is 0 Å². The predicted octanol–water partition coefficient (Wildman–Crippen LogP) is 6.85. The van der Waals surface area contributed by atoms with Crippen LogP contribution < -0.4 is 4.90 Å². The number of nitrogens with zero attached hydrogens (tertiary/aromatic N) is 2. The summed E-state index contributed by atoms with van der Waals surface area (Å²) in [6.45, 7) is 9.76. The molecule has 1 unspecified atom stereocenters. The van der Waals surface area contributed by atoms with Crippen molar-refractivity contribution in [3.8, 4) is 0 Å². The minimum absolute atomic E-state index is 0.160. The zero-order valence-corrected chi connectivity index (χ0v) is 19.8. The first-order valence-electron chi connectivity index (χ1n) is 11.2. The Morgan fingerprint density at radius 3 is 2.69 bits per heavy atom. The lowest BCUT2D eigenvalue weighted by atomic mass is 9.75. The van der Waals surface area contributed by atoms with Crippen LogP contribution in [0.3, 0.4) is 0 Å². The highest BCUT2D eigenvalue weighted by Crippen LogP contribution is 2.49. The van der Waals surface area contributed by atoms with Crippen LogP contribution in [0.1, 0.15) is 25.8 Å². The fourth-order valence-electron chi connectivity index (χ4n) is 5.09. The van der Waals surface area contributed by atoms with Crippen LogP contribution in [0.5, 0.6) is 0 Å². The van der Waals surface area contributed by atoms with E-state index < -0.39 is 0 Å². The van der Waals surface area contributed by atoms with Gasteiger partial charge < -0.3 is 9.64 Å². The Hall–Kier alpha value is -2.82. The maximum absolute atomic E-state index is 5.85. The van der Waals surface area contributed by atoms with Gasteiger partial charge in [0.1, 0.15) is 13.8 Å². The number of thioether (sulfide) groups is 1. The van der Waals surface area contributed by atoms with Crippen LogP contribution in [0, 0.1) is 0 Å². The van der Waals surface area contributed by atoms with Crippen LogP contribution in [0.4, 0.5) is 11.4 Å². The Bertz CT molecular complexity index is 1280. The average Bonchev–Trinajstić information content (AvgIpc) is 3.26. The maximum Gasteiger partial charge on any atom is 0.210 e. The topological polar surface area (TPSA) is 15.5 Å². The minimum atomic E-state index is -0.160. The lowest BCUT2D eigenvalue weighted by Crippen LogP contribution is -2.32. The van der Waals surface area contributed by atoms with Gasteiger partial charge in [-0.3, -0.25) is 0 Å². The van der Waals surface area contributed by atoms with E-state index >= 15 is 0 Å². The van der Waals surface area contributed by atoms with Gasteiger partial charge in [0.2, 0.25) is 5.69 Å². The molecule has 2 aliphatic heterocycles. The molecule has 0 fully saturated rings. The van der Waals surface area contributed by atoms with Crippen LogP contribution in [0.15, 0.2) is 89.3 Å². The molecular formula is C28H29N2OS+. The van der Waals surface area contributed by atoms with Gasteiger partial charge >= 0.3 is 0 Å². The highest BCUT2D eigenvalue weighted by Gasteiger charge is 2.47. The van der Waals surface area contributed by atoms with Crippen molar-refractivity contribution in [1.82, 2.24) is 0 Å². The molecular weight excluding hydrogens is 412 g/mol. The SMILES string of the molecule is C=CCC1(C)C(/C=C2\Sc3ccccc3N2COCC)=[N+](C)c2ccc3ccccc3c21. The molecule has 3 aromatic rings. The molecule has 0 saturated heterocycles. The molecule has 0 saturated carbocycles. The third-order valence-electron chi connectivity index (χ3n) is 6.62. The second kappa shape index (κ2) is 8.27. The summed E-state index contributed by atoms with van der Waals surface area (Å²) in [5, 5.41) is 3.81. The number of fused-ring (bicyclic) bond motifs is 4. The number of allylic oxidation sites excluding steroid dienone is 2. The molecule has 3 aromatic carbocycles. The zero-order valence-electron chi connectivity index (χ0n) is 19.0.